The fourth-order valence-electron chi connectivity index (χ4n) is 1.82. The lowest BCUT2D eigenvalue weighted by molar-refractivity contribution is 0.181. The van der Waals surface area contributed by atoms with Crippen molar-refractivity contribution < 1.29 is 9.90 Å². The highest BCUT2D eigenvalue weighted by atomic mass is 16.4. The molecule has 0 saturated heterocycles. The predicted molar refractivity (Wildman–Crippen MR) is 50.4 cm³/mol. The number of amides is 1. The standard InChI is InChI=1S/C10H15NO2/c1-2-5-8-6-3-4-7-9(8)11-10(12)13/h8-9,11H,3-4,6-7H2,1H3,(H,12,13). The van der Waals surface area contributed by atoms with Gasteiger partial charge in [-0.3, -0.25) is 0 Å². The number of carboxylic acid groups (broad SMARTS) is 1. The Morgan fingerprint density at radius 1 is 1.46 bits per heavy atom. The summed E-state index contributed by atoms with van der Waals surface area (Å²) in [6.45, 7) is 1.80. The van der Waals surface area contributed by atoms with E-state index in [4.69, 9.17) is 5.11 Å². The van der Waals surface area contributed by atoms with E-state index in [1.807, 2.05) is 0 Å². The van der Waals surface area contributed by atoms with Crippen molar-refractivity contribution in [2.75, 3.05) is 0 Å². The third kappa shape index (κ3) is 2.98. The van der Waals surface area contributed by atoms with Gasteiger partial charge in [0.05, 0.1) is 0 Å². The molecule has 13 heavy (non-hydrogen) atoms. The maximum absolute atomic E-state index is 10.5. The molecule has 0 bridgehead atoms. The van der Waals surface area contributed by atoms with Crippen LogP contribution in [0.4, 0.5) is 4.79 Å². The van der Waals surface area contributed by atoms with Crippen LogP contribution in [0.5, 0.6) is 0 Å². The average molecular weight is 181 g/mol. The van der Waals surface area contributed by atoms with Gasteiger partial charge in [0.1, 0.15) is 0 Å². The first-order valence-corrected chi connectivity index (χ1v) is 4.65. The first-order chi connectivity index (χ1) is 6.24. The van der Waals surface area contributed by atoms with Gasteiger partial charge in [-0.15, -0.1) is 5.92 Å². The molecule has 3 heteroatoms. The first kappa shape index (κ1) is 9.91. The highest BCUT2D eigenvalue weighted by Gasteiger charge is 2.24. The number of nitrogens with one attached hydrogen (secondary N) is 1. The van der Waals surface area contributed by atoms with Crippen molar-refractivity contribution in [2.45, 2.75) is 38.6 Å². The number of hydrogen-bond acceptors (Lipinski definition) is 1. The van der Waals surface area contributed by atoms with E-state index < -0.39 is 6.09 Å². The van der Waals surface area contributed by atoms with Crippen molar-refractivity contribution in [3.63, 3.8) is 0 Å². The van der Waals surface area contributed by atoms with E-state index in [1.165, 1.54) is 0 Å². The van der Waals surface area contributed by atoms with Crippen LogP contribution in [0.25, 0.3) is 0 Å². The monoisotopic (exact) mass is 181 g/mol. The van der Waals surface area contributed by atoms with Crippen LogP contribution in [0.2, 0.25) is 0 Å². The van der Waals surface area contributed by atoms with Gasteiger partial charge in [0.2, 0.25) is 0 Å². The van der Waals surface area contributed by atoms with Gasteiger partial charge >= 0.3 is 6.09 Å². The van der Waals surface area contributed by atoms with Crippen molar-refractivity contribution in [2.24, 2.45) is 5.92 Å². The van der Waals surface area contributed by atoms with E-state index in [-0.39, 0.29) is 12.0 Å². The summed E-state index contributed by atoms with van der Waals surface area (Å²) in [5.41, 5.74) is 0. The third-order valence-corrected chi connectivity index (χ3v) is 2.40. The Balaban J connectivity index is 2.54. The van der Waals surface area contributed by atoms with Crippen LogP contribution in [-0.2, 0) is 0 Å². The average Bonchev–Trinajstić information content (AvgIpc) is 2.08. The summed E-state index contributed by atoms with van der Waals surface area (Å²) in [7, 11) is 0. The van der Waals surface area contributed by atoms with Gasteiger partial charge in [0, 0.05) is 12.0 Å². The van der Waals surface area contributed by atoms with E-state index in [0.717, 1.165) is 25.7 Å². The summed E-state index contributed by atoms with van der Waals surface area (Å²) in [6.07, 6.45) is 3.27. The van der Waals surface area contributed by atoms with E-state index in [2.05, 4.69) is 17.2 Å². The topological polar surface area (TPSA) is 49.3 Å². The van der Waals surface area contributed by atoms with Gasteiger partial charge in [-0.1, -0.05) is 18.8 Å². The molecule has 2 atom stereocenters. The quantitative estimate of drug-likeness (QED) is 0.606. The number of carbonyl (C=O) groups is 1. The summed E-state index contributed by atoms with van der Waals surface area (Å²) in [4.78, 5) is 10.5. The molecule has 1 aliphatic carbocycles. The Morgan fingerprint density at radius 2 is 2.15 bits per heavy atom. The summed E-state index contributed by atoms with van der Waals surface area (Å²) >= 11 is 0. The largest absolute Gasteiger partial charge is 0.465 e. The SMILES string of the molecule is CC#CC1CCCCC1NC(=O)O. The molecule has 72 valence electrons. The molecule has 0 aromatic rings. The van der Waals surface area contributed by atoms with Crippen molar-refractivity contribution in [3.05, 3.63) is 0 Å². The van der Waals surface area contributed by atoms with Crippen LogP contribution in [-0.4, -0.2) is 17.2 Å². The van der Waals surface area contributed by atoms with E-state index >= 15 is 0 Å². The van der Waals surface area contributed by atoms with Gasteiger partial charge in [-0.2, -0.15) is 0 Å². The maximum atomic E-state index is 10.5. The Labute approximate surface area is 78.5 Å². The zero-order valence-electron chi connectivity index (χ0n) is 7.84. The highest BCUT2D eigenvalue weighted by molar-refractivity contribution is 5.65. The second kappa shape index (κ2) is 4.76. The second-order valence-electron chi connectivity index (χ2n) is 3.34. The van der Waals surface area contributed by atoms with Crippen LogP contribution >= 0.6 is 0 Å². The van der Waals surface area contributed by atoms with Crippen LogP contribution in [0.15, 0.2) is 0 Å². The van der Waals surface area contributed by atoms with E-state index in [1.54, 1.807) is 6.92 Å². The Morgan fingerprint density at radius 3 is 2.77 bits per heavy atom. The van der Waals surface area contributed by atoms with Gasteiger partial charge in [-0.25, -0.2) is 4.79 Å². The first-order valence-electron chi connectivity index (χ1n) is 4.65. The molecule has 1 aliphatic rings. The third-order valence-electron chi connectivity index (χ3n) is 2.40. The molecule has 2 unspecified atom stereocenters. The number of hydrogen-bond donors (Lipinski definition) is 2. The van der Waals surface area contributed by atoms with Crippen LogP contribution in [0.3, 0.4) is 0 Å². The molecule has 0 spiro atoms. The van der Waals surface area contributed by atoms with Crippen molar-refractivity contribution in [1.82, 2.24) is 5.32 Å². The summed E-state index contributed by atoms with van der Waals surface area (Å²) in [5.74, 6) is 6.14. The molecule has 1 rings (SSSR count). The van der Waals surface area contributed by atoms with Crippen molar-refractivity contribution in [3.8, 4) is 11.8 Å². The normalized spacial score (nSPS) is 27.2. The molecule has 0 radical (unpaired) electrons. The Kier molecular flexibility index (Phi) is 3.63. The molecule has 1 saturated carbocycles. The van der Waals surface area contributed by atoms with Crippen LogP contribution < -0.4 is 5.32 Å². The lowest BCUT2D eigenvalue weighted by atomic mass is 9.85. The van der Waals surface area contributed by atoms with Crippen LogP contribution in [0, 0.1) is 17.8 Å². The van der Waals surface area contributed by atoms with Crippen molar-refractivity contribution in [1.29, 1.82) is 0 Å². The molecular formula is C10H15NO2. The van der Waals surface area contributed by atoms with Gasteiger partial charge in [-0.05, 0) is 19.8 Å². The molecule has 0 aromatic carbocycles. The van der Waals surface area contributed by atoms with Crippen LogP contribution in [0.1, 0.15) is 32.6 Å². The fourth-order valence-corrected chi connectivity index (χ4v) is 1.82. The minimum Gasteiger partial charge on any atom is -0.465 e. The number of rotatable bonds is 1. The van der Waals surface area contributed by atoms with E-state index in [9.17, 15) is 4.79 Å². The second-order valence-corrected chi connectivity index (χ2v) is 3.34. The van der Waals surface area contributed by atoms with Gasteiger partial charge in [0.15, 0.2) is 0 Å². The molecule has 1 fully saturated rings. The van der Waals surface area contributed by atoms with Gasteiger partial charge < -0.3 is 10.4 Å². The lowest BCUT2D eigenvalue weighted by Crippen LogP contribution is -2.40. The molecule has 0 aromatic heterocycles. The minimum atomic E-state index is -0.935. The Hall–Kier alpha value is -1.17. The summed E-state index contributed by atoms with van der Waals surface area (Å²) < 4.78 is 0. The highest BCUT2D eigenvalue weighted by Crippen LogP contribution is 2.23. The minimum absolute atomic E-state index is 0.0405. The molecule has 0 heterocycles. The lowest BCUT2D eigenvalue weighted by Gasteiger charge is -2.27. The zero-order chi connectivity index (χ0) is 9.68. The summed E-state index contributed by atoms with van der Waals surface area (Å²) in [6, 6.07) is 0.0405. The fraction of sp³-hybridized carbons (Fsp3) is 0.700. The van der Waals surface area contributed by atoms with Crippen molar-refractivity contribution >= 4 is 6.09 Å². The van der Waals surface area contributed by atoms with E-state index in [0.29, 0.717) is 0 Å². The molecule has 3 nitrogen and oxygen atoms in total. The molecule has 2 N–H and O–H groups in total. The molecular weight excluding hydrogens is 166 g/mol. The predicted octanol–water partition coefficient (Wildman–Crippen LogP) is 1.84. The Bertz CT molecular complexity index is 239. The summed E-state index contributed by atoms with van der Waals surface area (Å²) in [5, 5.41) is 11.1. The maximum Gasteiger partial charge on any atom is 0.404 e. The zero-order valence-corrected chi connectivity index (χ0v) is 7.84. The smallest absolute Gasteiger partial charge is 0.404 e. The molecule has 1 amide bonds. The molecule has 0 aliphatic heterocycles. The van der Waals surface area contributed by atoms with Gasteiger partial charge in [0.25, 0.3) is 0 Å².